The minimum absolute atomic E-state index is 0.344. The van der Waals surface area contributed by atoms with Crippen LogP contribution >= 0.6 is 0 Å². The molecule has 4 fully saturated rings. The molecule has 122 valence electrons. The van der Waals surface area contributed by atoms with E-state index in [1.807, 2.05) is 0 Å². The van der Waals surface area contributed by atoms with Crippen molar-refractivity contribution < 1.29 is 24.2 Å². The van der Waals surface area contributed by atoms with Gasteiger partial charge >= 0.3 is 11.9 Å². The van der Waals surface area contributed by atoms with Crippen LogP contribution in [0.3, 0.4) is 0 Å². The lowest BCUT2D eigenvalue weighted by Crippen LogP contribution is -2.62. The van der Waals surface area contributed by atoms with Crippen molar-refractivity contribution in [1.29, 1.82) is 0 Å². The fourth-order valence-electron chi connectivity index (χ4n) is 5.06. The monoisotopic (exact) mass is 308 g/mol. The van der Waals surface area contributed by atoms with E-state index in [2.05, 4.69) is 6.58 Å². The number of hydrogen-bond acceptors (Lipinski definition) is 4. The van der Waals surface area contributed by atoms with E-state index in [-0.39, 0.29) is 5.97 Å². The Morgan fingerprint density at radius 1 is 1.18 bits per heavy atom. The van der Waals surface area contributed by atoms with Crippen LogP contribution in [-0.2, 0) is 19.1 Å². The van der Waals surface area contributed by atoms with E-state index in [4.69, 9.17) is 14.6 Å². The van der Waals surface area contributed by atoms with Gasteiger partial charge in [0.1, 0.15) is 5.60 Å². The summed E-state index contributed by atoms with van der Waals surface area (Å²) in [6.07, 6.45) is 4.43. The summed E-state index contributed by atoms with van der Waals surface area (Å²) < 4.78 is 11.8. The van der Waals surface area contributed by atoms with E-state index in [9.17, 15) is 9.59 Å². The van der Waals surface area contributed by atoms with Crippen molar-refractivity contribution in [2.45, 2.75) is 69.7 Å². The van der Waals surface area contributed by atoms with Gasteiger partial charge in [0.2, 0.25) is 0 Å². The van der Waals surface area contributed by atoms with Crippen LogP contribution in [0.2, 0.25) is 0 Å². The summed E-state index contributed by atoms with van der Waals surface area (Å²) in [4.78, 5) is 23.2. The topological polar surface area (TPSA) is 72.8 Å². The molecule has 0 aromatic rings. The van der Waals surface area contributed by atoms with E-state index < -0.39 is 23.3 Å². The highest BCUT2D eigenvalue weighted by Crippen LogP contribution is 2.60. The van der Waals surface area contributed by atoms with Crippen molar-refractivity contribution in [2.75, 3.05) is 0 Å². The number of hydrogen-bond donors (Lipinski definition) is 1. The van der Waals surface area contributed by atoms with Crippen molar-refractivity contribution in [3.8, 4) is 0 Å². The lowest BCUT2D eigenvalue weighted by atomic mass is 9.52. The summed E-state index contributed by atoms with van der Waals surface area (Å²) >= 11 is 0. The molecule has 4 aliphatic rings. The Morgan fingerprint density at radius 2 is 1.73 bits per heavy atom. The van der Waals surface area contributed by atoms with Gasteiger partial charge in [0, 0.05) is 12.0 Å². The minimum atomic E-state index is -0.941. The number of carboxylic acids is 1. The average Bonchev–Trinajstić information content (AvgIpc) is 2.35. The number of carboxylic acid groups (broad SMARTS) is 1. The smallest absolute Gasteiger partial charge is 0.333 e. The molecule has 0 heterocycles. The van der Waals surface area contributed by atoms with E-state index >= 15 is 0 Å². The van der Waals surface area contributed by atoms with Gasteiger partial charge in [-0.3, -0.25) is 0 Å². The Kier molecular flexibility index (Phi) is 3.59. The van der Waals surface area contributed by atoms with Crippen LogP contribution in [-0.4, -0.2) is 34.4 Å². The first-order valence-electron chi connectivity index (χ1n) is 8.02. The summed E-state index contributed by atoms with van der Waals surface area (Å²) in [5.41, 5.74) is -0.528. The highest BCUT2D eigenvalue weighted by molar-refractivity contribution is 5.87. The SMILES string of the molecule is C=C(C)C(=O)OC12C[C@H]3C[C@@H](C1)CC(OC(C)C(=O)O)(C3)C2. The Balaban J connectivity index is 1.82. The fourth-order valence-corrected chi connectivity index (χ4v) is 5.06. The highest BCUT2D eigenvalue weighted by atomic mass is 16.6. The molecule has 0 saturated heterocycles. The lowest BCUT2D eigenvalue weighted by molar-refractivity contribution is -0.243. The predicted molar refractivity (Wildman–Crippen MR) is 79.2 cm³/mol. The third kappa shape index (κ3) is 2.67. The predicted octanol–water partition coefficient (Wildman–Crippen LogP) is 2.69. The maximum Gasteiger partial charge on any atom is 0.333 e. The molecule has 4 aliphatic carbocycles. The van der Waals surface area contributed by atoms with Gasteiger partial charge in [-0.2, -0.15) is 0 Å². The molecule has 5 nitrogen and oxygen atoms in total. The van der Waals surface area contributed by atoms with Gasteiger partial charge in [-0.1, -0.05) is 6.58 Å². The zero-order valence-electron chi connectivity index (χ0n) is 13.3. The molecule has 4 rings (SSSR count). The first-order chi connectivity index (χ1) is 10.2. The maximum absolute atomic E-state index is 12.0. The number of carbonyl (C=O) groups is 2. The Bertz CT molecular complexity index is 509. The molecule has 5 heteroatoms. The molecule has 4 bridgehead atoms. The molecule has 0 spiro atoms. The molecule has 4 saturated carbocycles. The van der Waals surface area contributed by atoms with E-state index in [0.717, 1.165) is 32.1 Å². The van der Waals surface area contributed by atoms with Gasteiger partial charge in [0.05, 0.1) is 5.60 Å². The van der Waals surface area contributed by atoms with Crippen molar-refractivity contribution >= 4 is 11.9 Å². The molecule has 3 unspecified atom stereocenters. The van der Waals surface area contributed by atoms with Gasteiger partial charge in [-0.25, -0.2) is 9.59 Å². The van der Waals surface area contributed by atoms with Crippen LogP contribution in [0.5, 0.6) is 0 Å². The first-order valence-corrected chi connectivity index (χ1v) is 8.02. The third-order valence-corrected chi connectivity index (χ3v) is 5.39. The Labute approximate surface area is 130 Å². The highest BCUT2D eigenvalue weighted by Gasteiger charge is 2.61. The molecule has 22 heavy (non-hydrogen) atoms. The van der Waals surface area contributed by atoms with Crippen LogP contribution in [0.25, 0.3) is 0 Å². The quantitative estimate of drug-likeness (QED) is 0.624. The van der Waals surface area contributed by atoms with E-state index in [0.29, 0.717) is 23.8 Å². The second kappa shape index (κ2) is 5.08. The Hall–Kier alpha value is -1.36. The van der Waals surface area contributed by atoms with Crippen LogP contribution in [0.1, 0.15) is 52.4 Å². The van der Waals surface area contributed by atoms with Crippen molar-refractivity contribution in [2.24, 2.45) is 11.8 Å². The van der Waals surface area contributed by atoms with Gasteiger partial charge < -0.3 is 14.6 Å². The molecule has 1 N–H and O–H groups in total. The molecular weight excluding hydrogens is 284 g/mol. The van der Waals surface area contributed by atoms with Crippen molar-refractivity contribution in [3.05, 3.63) is 12.2 Å². The summed E-state index contributed by atoms with van der Waals surface area (Å²) in [6, 6.07) is 0. The van der Waals surface area contributed by atoms with Crippen LogP contribution in [0, 0.1) is 11.8 Å². The number of esters is 1. The summed E-state index contributed by atoms with van der Waals surface area (Å²) in [5.74, 6) is -0.368. The van der Waals surface area contributed by atoms with Crippen molar-refractivity contribution in [1.82, 2.24) is 0 Å². The van der Waals surface area contributed by atoms with E-state index in [1.54, 1.807) is 13.8 Å². The minimum Gasteiger partial charge on any atom is -0.479 e. The summed E-state index contributed by atoms with van der Waals surface area (Å²) in [5, 5.41) is 9.14. The average molecular weight is 308 g/mol. The molecule has 0 aromatic carbocycles. The molecule has 0 amide bonds. The second-order valence-electron chi connectivity index (χ2n) is 7.60. The zero-order chi connectivity index (χ0) is 16.1. The molecule has 0 aliphatic heterocycles. The van der Waals surface area contributed by atoms with Crippen LogP contribution in [0.15, 0.2) is 12.2 Å². The lowest BCUT2D eigenvalue weighted by Gasteiger charge is -2.60. The zero-order valence-corrected chi connectivity index (χ0v) is 13.3. The molecule has 0 aromatic heterocycles. The molecule has 5 atom stereocenters. The second-order valence-corrected chi connectivity index (χ2v) is 7.60. The molecule has 0 radical (unpaired) electrons. The number of aliphatic carboxylic acids is 1. The molecular formula is C17H24O5. The van der Waals surface area contributed by atoms with Crippen LogP contribution in [0.4, 0.5) is 0 Å². The number of carbonyl (C=O) groups excluding carboxylic acids is 1. The first kappa shape index (κ1) is 15.5. The third-order valence-electron chi connectivity index (χ3n) is 5.39. The number of ether oxygens (including phenoxy) is 2. The summed E-state index contributed by atoms with van der Waals surface area (Å²) in [6.45, 7) is 6.89. The van der Waals surface area contributed by atoms with Gasteiger partial charge in [0.25, 0.3) is 0 Å². The van der Waals surface area contributed by atoms with Gasteiger partial charge in [-0.15, -0.1) is 0 Å². The van der Waals surface area contributed by atoms with Crippen molar-refractivity contribution in [3.63, 3.8) is 0 Å². The van der Waals surface area contributed by atoms with E-state index in [1.165, 1.54) is 0 Å². The number of rotatable bonds is 5. The summed E-state index contributed by atoms with van der Waals surface area (Å²) in [7, 11) is 0. The van der Waals surface area contributed by atoms with Gasteiger partial charge in [0.15, 0.2) is 6.10 Å². The standard InChI is InChI=1S/C17H24O5/c1-10(2)15(20)22-17-7-12-4-13(8-17)6-16(5-12,9-17)21-11(3)14(18)19/h11-13H,1,4-9H2,2-3H3,(H,18,19)/t11?,12-,13+,16?,17?. The maximum atomic E-state index is 12.0. The van der Waals surface area contributed by atoms with Crippen LogP contribution < -0.4 is 0 Å². The largest absolute Gasteiger partial charge is 0.479 e. The van der Waals surface area contributed by atoms with Gasteiger partial charge in [-0.05, 0) is 57.8 Å². The Morgan fingerprint density at radius 3 is 2.23 bits per heavy atom. The normalized spacial score (nSPS) is 40.3. The fraction of sp³-hybridized carbons (Fsp3) is 0.765.